The fraction of sp³-hybridized carbons (Fsp3) is 0.429. The number of rotatable bonds is 6. The van der Waals surface area contributed by atoms with Gasteiger partial charge in [-0.15, -0.1) is 5.10 Å². The first kappa shape index (κ1) is 16.4. The Hall–Kier alpha value is -1.96. The van der Waals surface area contributed by atoms with E-state index < -0.39 is 15.8 Å². The molecule has 0 aliphatic rings. The average molecular weight is 327 g/mol. The minimum absolute atomic E-state index is 0.0617. The van der Waals surface area contributed by atoms with Crippen LogP contribution >= 0.6 is 0 Å². The first-order valence-electron chi connectivity index (χ1n) is 6.89. The SMILES string of the molecule is Cc1cc(S(=O)(=O)Nc2nnc(CCC(C)C)o2)ccc1F. The highest BCUT2D eigenvalue weighted by Crippen LogP contribution is 2.18. The van der Waals surface area contributed by atoms with Gasteiger partial charge in [0.05, 0.1) is 4.90 Å². The van der Waals surface area contributed by atoms with Crippen molar-refractivity contribution >= 4 is 16.0 Å². The molecule has 2 rings (SSSR count). The highest BCUT2D eigenvalue weighted by Gasteiger charge is 2.19. The quantitative estimate of drug-likeness (QED) is 0.881. The van der Waals surface area contributed by atoms with Gasteiger partial charge < -0.3 is 4.42 Å². The summed E-state index contributed by atoms with van der Waals surface area (Å²) in [6.45, 7) is 5.62. The van der Waals surface area contributed by atoms with Crippen LogP contribution in [0.25, 0.3) is 0 Å². The Labute approximate surface area is 128 Å². The maximum absolute atomic E-state index is 13.2. The van der Waals surface area contributed by atoms with E-state index in [0.717, 1.165) is 12.5 Å². The van der Waals surface area contributed by atoms with E-state index in [2.05, 4.69) is 28.8 Å². The van der Waals surface area contributed by atoms with Crippen molar-refractivity contribution in [3.8, 4) is 0 Å². The molecule has 0 spiro atoms. The van der Waals surface area contributed by atoms with Crippen LogP contribution in [0.1, 0.15) is 31.7 Å². The Bertz CT molecular complexity index is 756. The number of anilines is 1. The second-order valence-corrected chi connectivity index (χ2v) is 7.13. The summed E-state index contributed by atoms with van der Waals surface area (Å²) in [5, 5.41) is 7.46. The zero-order valence-electron chi connectivity index (χ0n) is 12.6. The van der Waals surface area contributed by atoms with Gasteiger partial charge >= 0.3 is 6.01 Å². The first-order valence-corrected chi connectivity index (χ1v) is 8.37. The van der Waals surface area contributed by atoms with Gasteiger partial charge in [0, 0.05) is 6.42 Å². The third-order valence-electron chi connectivity index (χ3n) is 3.06. The van der Waals surface area contributed by atoms with E-state index in [-0.39, 0.29) is 16.5 Å². The molecule has 0 bridgehead atoms. The second-order valence-electron chi connectivity index (χ2n) is 5.45. The molecular formula is C14H18FN3O3S. The highest BCUT2D eigenvalue weighted by molar-refractivity contribution is 7.92. The van der Waals surface area contributed by atoms with E-state index in [4.69, 9.17) is 4.42 Å². The summed E-state index contributed by atoms with van der Waals surface area (Å²) in [5.41, 5.74) is 0.242. The van der Waals surface area contributed by atoms with Gasteiger partial charge in [0.25, 0.3) is 10.0 Å². The summed E-state index contributed by atoms with van der Waals surface area (Å²) in [5.74, 6) is 0.392. The van der Waals surface area contributed by atoms with Crippen molar-refractivity contribution in [1.29, 1.82) is 0 Å². The summed E-state index contributed by atoms with van der Waals surface area (Å²) in [6, 6.07) is 3.33. The Morgan fingerprint density at radius 1 is 1.32 bits per heavy atom. The van der Waals surface area contributed by atoms with Crippen molar-refractivity contribution in [1.82, 2.24) is 10.2 Å². The fourth-order valence-electron chi connectivity index (χ4n) is 1.77. The number of aryl methyl sites for hydroxylation is 2. The van der Waals surface area contributed by atoms with Crippen molar-refractivity contribution in [2.75, 3.05) is 4.72 Å². The fourth-order valence-corrected chi connectivity index (χ4v) is 2.78. The number of nitrogens with one attached hydrogen (secondary N) is 1. The summed E-state index contributed by atoms with van der Waals surface area (Å²) >= 11 is 0. The van der Waals surface area contributed by atoms with Crippen molar-refractivity contribution in [2.45, 2.75) is 38.5 Å². The monoisotopic (exact) mass is 327 g/mol. The van der Waals surface area contributed by atoms with Crippen LogP contribution in [-0.4, -0.2) is 18.6 Å². The number of halogens is 1. The maximum atomic E-state index is 13.2. The van der Waals surface area contributed by atoms with Gasteiger partial charge in [0.2, 0.25) is 5.89 Å². The van der Waals surface area contributed by atoms with E-state index in [0.29, 0.717) is 18.2 Å². The second kappa shape index (κ2) is 6.43. The van der Waals surface area contributed by atoms with Gasteiger partial charge in [-0.2, -0.15) is 0 Å². The van der Waals surface area contributed by atoms with Crippen LogP contribution in [0.4, 0.5) is 10.4 Å². The lowest BCUT2D eigenvalue weighted by molar-refractivity contribution is 0.471. The lowest BCUT2D eigenvalue weighted by Crippen LogP contribution is -2.13. The van der Waals surface area contributed by atoms with Crippen LogP contribution in [-0.2, 0) is 16.4 Å². The van der Waals surface area contributed by atoms with E-state index in [9.17, 15) is 12.8 Å². The van der Waals surface area contributed by atoms with Crippen LogP contribution < -0.4 is 4.72 Å². The first-order chi connectivity index (χ1) is 10.3. The van der Waals surface area contributed by atoms with E-state index >= 15 is 0 Å². The number of hydrogen-bond acceptors (Lipinski definition) is 5. The molecule has 1 heterocycles. The molecule has 1 aromatic carbocycles. The third kappa shape index (κ3) is 4.03. The number of hydrogen-bond donors (Lipinski definition) is 1. The van der Waals surface area contributed by atoms with Gasteiger partial charge in [0.15, 0.2) is 0 Å². The van der Waals surface area contributed by atoms with Crippen LogP contribution in [0.3, 0.4) is 0 Å². The summed E-state index contributed by atoms with van der Waals surface area (Å²) in [4.78, 5) is -0.0617. The van der Waals surface area contributed by atoms with Gasteiger partial charge in [0.1, 0.15) is 5.82 Å². The molecule has 0 atom stereocenters. The largest absolute Gasteiger partial charge is 0.407 e. The highest BCUT2D eigenvalue weighted by atomic mass is 32.2. The Morgan fingerprint density at radius 2 is 2.05 bits per heavy atom. The van der Waals surface area contributed by atoms with Gasteiger partial charge in [-0.3, -0.25) is 0 Å². The predicted molar refractivity (Wildman–Crippen MR) is 79.4 cm³/mol. The van der Waals surface area contributed by atoms with Crippen molar-refractivity contribution in [3.05, 3.63) is 35.5 Å². The van der Waals surface area contributed by atoms with Crippen molar-refractivity contribution < 1.29 is 17.2 Å². The third-order valence-corrected chi connectivity index (χ3v) is 4.38. The van der Waals surface area contributed by atoms with E-state index in [1.165, 1.54) is 19.1 Å². The number of nitrogens with zero attached hydrogens (tertiary/aromatic N) is 2. The molecule has 0 saturated carbocycles. The molecule has 0 radical (unpaired) electrons. The van der Waals surface area contributed by atoms with E-state index in [1.807, 2.05) is 0 Å². The molecule has 1 N–H and O–H groups in total. The van der Waals surface area contributed by atoms with Crippen LogP contribution in [0, 0.1) is 18.7 Å². The number of benzene rings is 1. The Balaban J connectivity index is 2.13. The molecule has 1 aromatic heterocycles. The van der Waals surface area contributed by atoms with Crippen molar-refractivity contribution in [3.63, 3.8) is 0 Å². The van der Waals surface area contributed by atoms with Gasteiger partial charge in [-0.1, -0.05) is 18.9 Å². The molecule has 0 aliphatic carbocycles. The van der Waals surface area contributed by atoms with Crippen LogP contribution in [0.2, 0.25) is 0 Å². The van der Waals surface area contributed by atoms with Crippen LogP contribution in [0.15, 0.2) is 27.5 Å². The molecule has 0 saturated heterocycles. The standard InChI is InChI=1S/C14H18FN3O3S/c1-9(2)4-7-13-16-17-14(21-13)18-22(19,20)11-5-6-12(15)10(3)8-11/h5-6,8-9H,4,7H2,1-3H3,(H,17,18). The Morgan fingerprint density at radius 3 is 2.68 bits per heavy atom. The van der Waals surface area contributed by atoms with Gasteiger partial charge in [-0.05, 0) is 43.0 Å². The lowest BCUT2D eigenvalue weighted by atomic mass is 10.1. The number of aromatic nitrogens is 2. The smallest absolute Gasteiger partial charge is 0.329 e. The molecule has 0 fully saturated rings. The summed E-state index contributed by atoms with van der Waals surface area (Å²) in [7, 11) is -3.88. The average Bonchev–Trinajstić information content (AvgIpc) is 2.86. The summed E-state index contributed by atoms with van der Waals surface area (Å²) < 4.78 is 45.0. The predicted octanol–water partition coefficient (Wildman–Crippen LogP) is 2.91. The van der Waals surface area contributed by atoms with Crippen LogP contribution in [0.5, 0.6) is 0 Å². The molecule has 0 amide bonds. The lowest BCUT2D eigenvalue weighted by Gasteiger charge is -2.05. The number of sulfonamides is 1. The molecule has 8 heteroatoms. The van der Waals surface area contributed by atoms with E-state index in [1.54, 1.807) is 0 Å². The minimum atomic E-state index is -3.88. The zero-order chi connectivity index (χ0) is 16.3. The molecule has 120 valence electrons. The molecule has 22 heavy (non-hydrogen) atoms. The normalized spacial score (nSPS) is 11.9. The molecule has 0 aliphatic heterocycles. The topological polar surface area (TPSA) is 85.1 Å². The minimum Gasteiger partial charge on any atom is -0.407 e. The van der Waals surface area contributed by atoms with Crippen molar-refractivity contribution in [2.24, 2.45) is 5.92 Å². The molecule has 6 nitrogen and oxygen atoms in total. The Kier molecular flexibility index (Phi) is 4.80. The molecular weight excluding hydrogens is 309 g/mol. The zero-order valence-corrected chi connectivity index (χ0v) is 13.4. The molecule has 0 unspecified atom stereocenters. The summed E-state index contributed by atoms with van der Waals surface area (Å²) in [6.07, 6.45) is 1.45. The maximum Gasteiger partial charge on any atom is 0.329 e. The van der Waals surface area contributed by atoms with Gasteiger partial charge in [-0.25, -0.2) is 17.5 Å². The molecule has 2 aromatic rings.